The van der Waals surface area contributed by atoms with E-state index in [-0.39, 0.29) is 11.7 Å². The summed E-state index contributed by atoms with van der Waals surface area (Å²) in [7, 11) is 0. The molecule has 1 aliphatic rings. The Bertz CT molecular complexity index is 401. The molecule has 0 radical (unpaired) electrons. The lowest BCUT2D eigenvalue weighted by Gasteiger charge is -2.28. The van der Waals surface area contributed by atoms with Gasteiger partial charge in [0, 0.05) is 12.5 Å². The maximum atomic E-state index is 12.0. The topological polar surface area (TPSA) is 70.7 Å². The molecule has 0 saturated heterocycles. The third-order valence-corrected chi connectivity index (χ3v) is 3.77. The number of amides is 1. The largest absolute Gasteiger partial charge is 0.347 e. The van der Waals surface area contributed by atoms with Crippen LogP contribution in [0.25, 0.3) is 0 Å². The second kappa shape index (κ2) is 5.98. The summed E-state index contributed by atoms with van der Waals surface area (Å²) in [4.78, 5) is 16.1. The highest BCUT2D eigenvalue weighted by atomic mass is 16.2. The number of hydrogen-bond donors (Lipinski definition) is 2. The fourth-order valence-electron chi connectivity index (χ4n) is 2.60. The zero-order valence-corrected chi connectivity index (χ0v) is 11.2. The number of nitrogens with zero attached hydrogens (tertiary/aromatic N) is 2. The summed E-state index contributed by atoms with van der Waals surface area (Å²) in [5.41, 5.74) is 0. The molecule has 2 atom stereocenters. The summed E-state index contributed by atoms with van der Waals surface area (Å²) in [6.07, 6.45) is 6.64. The van der Waals surface area contributed by atoms with E-state index in [9.17, 15) is 4.79 Å². The maximum Gasteiger partial charge on any atom is 0.291 e. The normalized spacial score (nSPS) is 23.9. The van der Waals surface area contributed by atoms with Crippen molar-refractivity contribution in [2.45, 2.75) is 58.4 Å². The first kappa shape index (κ1) is 13.1. The minimum Gasteiger partial charge on any atom is -0.347 e. The smallest absolute Gasteiger partial charge is 0.291 e. The first-order chi connectivity index (χ1) is 8.72. The lowest BCUT2D eigenvalue weighted by molar-refractivity contribution is 0.0909. The van der Waals surface area contributed by atoms with Crippen LogP contribution in [0.4, 0.5) is 0 Å². The van der Waals surface area contributed by atoms with Crippen LogP contribution in [-0.4, -0.2) is 27.1 Å². The van der Waals surface area contributed by atoms with Gasteiger partial charge in [-0.1, -0.05) is 33.1 Å². The highest BCUT2D eigenvalue weighted by molar-refractivity contribution is 5.90. The molecule has 18 heavy (non-hydrogen) atoms. The van der Waals surface area contributed by atoms with E-state index < -0.39 is 0 Å². The molecule has 1 amide bonds. The van der Waals surface area contributed by atoms with E-state index >= 15 is 0 Å². The second-order valence-corrected chi connectivity index (χ2v) is 5.07. The fourth-order valence-corrected chi connectivity index (χ4v) is 2.60. The average molecular weight is 250 g/mol. The van der Waals surface area contributed by atoms with Crippen LogP contribution >= 0.6 is 0 Å². The quantitative estimate of drug-likeness (QED) is 0.859. The molecule has 2 unspecified atom stereocenters. The third kappa shape index (κ3) is 3.09. The number of aryl methyl sites for hydroxylation is 1. The summed E-state index contributed by atoms with van der Waals surface area (Å²) in [6.45, 7) is 4.20. The number of nitrogens with one attached hydrogen (secondary N) is 2. The zero-order valence-electron chi connectivity index (χ0n) is 11.2. The van der Waals surface area contributed by atoms with Crippen LogP contribution in [0.3, 0.4) is 0 Å². The molecule has 2 rings (SSSR count). The van der Waals surface area contributed by atoms with E-state index in [0.29, 0.717) is 6.04 Å². The Labute approximate surface area is 108 Å². The summed E-state index contributed by atoms with van der Waals surface area (Å²) >= 11 is 0. The van der Waals surface area contributed by atoms with E-state index in [4.69, 9.17) is 0 Å². The highest BCUT2D eigenvalue weighted by Gasteiger charge is 2.23. The van der Waals surface area contributed by atoms with E-state index in [2.05, 4.69) is 27.4 Å². The Morgan fingerprint density at radius 2 is 2.28 bits per heavy atom. The van der Waals surface area contributed by atoms with Crippen molar-refractivity contribution in [2.24, 2.45) is 5.92 Å². The van der Waals surface area contributed by atoms with Crippen molar-refractivity contribution in [3.8, 4) is 0 Å². The van der Waals surface area contributed by atoms with Crippen LogP contribution < -0.4 is 5.32 Å². The highest BCUT2D eigenvalue weighted by Crippen LogP contribution is 2.26. The van der Waals surface area contributed by atoms with Gasteiger partial charge >= 0.3 is 0 Å². The summed E-state index contributed by atoms with van der Waals surface area (Å²) < 4.78 is 0. The van der Waals surface area contributed by atoms with Gasteiger partial charge in [0.25, 0.3) is 5.91 Å². The van der Waals surface area contributed by atoms with Crippen LogP contribution in [0, 0.1) is 5.92 Å². The predicted molar refractivity (Wildman–Crippen MR) is 69.3 cm³/mol. The van der Waals surface area contributed by atoms with Gasteiger partial charge in [-0.3, -0.25) is 9.89 Å². The van der Waals surface area contributed by atoms with Crippen molar-refractivity contribution >= 4 is 5.91 Å². The summed E-state index contributed by atoms with van der Waals surface area (Å²) in [6, 6.07) is 0.291. The molecule has 0 aliphatic heterocycles. The monoisotopic (exact) mass is 250 g/mol. The van der Waals surface area contributed by atoms with Gasteiger partial charge in [0.1, 0.15) is 5.82 Å². The minimum absolute atomic E-state index is 0.146. The lowest BCUT2D eigenvalue weighted by atomic mass is 9.84. The molecular formula is C13H22N4O. The van der Waals surface area contributed by atoms with E-state index in [1.165, 1.54) is 19.3 Å². The predicted octanol–water partition coefficient (Wildman–Crippen LogP) is 2.07. The fraction of sp³-hybridized carbons (Fsp3) is 0.769. The van der Waals surface area contributed by atoms with E-state index in [0.717, 1.165) is 31.0 Å². The Balaban J connectivity index is 1.90. The van der Waals surface area contributed by atoms with Gasteiger partial charge in [0.2, 0.25) is 5.82 Å². The Kier molecular flexibility index (Phi) is 4.33. The first-order valence-electron chi connectivity index (χ1n) is 6.95. The van der Waals surface area contributed by atoms with Crippen LogP contribution in [0.2, 0.25) is 0 Å². The number of carbonyl (C=O) groups excluding carboxylic acids is 1. The van der Waals surface area contributed by atoms with Gasteiger partial charge in [-0.25, -0.2) is 4.98 Å². The molecule has 5 heteroatoms. The molecular weight excluding hydrogens is 228 g/mol. The first-order valence-corrected chi connectivity index (χ1v) is 6.95. The van der Waals surface area contributed by atoms with E-state index in [1.807, 2.05) is 6.92 Å². The van der Waals surface area contributed by atoms with Crippen molar-refractivity contribution in [3.05, 3.63) is 11.6 Å². The molecule has 5 nitrogen and oxygen atoms in total. The zero-order chi connectivity index (χ0) is 13.0. The number of hydrogen-bond acceptors (Lipinski definition) is 3. The number of rotatable bonds is 4. The molecule has 1 aliphatic carbocycles. The molecule has 1 saturated carbocycles. The van der Waals surface area contributed by atoms with Gasteiger partial charge in [0.15, 0.2) is 0 Å². The average Bonchev–Trinajstić information content (AvgIpc) is 2.88. The Hall–Kier alpha value is -1.39. The number of aromatic nitrogens is 3. The van der Waals surface area contributed by atoms with Crippen molar-refractivity contribution in [1.29, 1.82) is 0 Å². The van der Waals surface area contributed by atoms with Gasteiger partial charge in [-0.05, 0) is 18.8 Å². The third-order valence-electron chi connectivity index (χ3n) is 3.77. The molecule has 1 aromatic heterocycles. The molecule has 100 valence electrons. The van der Waals surface area contributed by atoms with Crippen LogP contribution in [-0.2, 0) is 6.42 Å². The summed E-state index contributed by atoms with van der Waals surface area (Å²) in [5, 5.41) is 9.77. The van der Waals surface area contributed by atoms with Gasteiger partial charge in [-0.15, -0.1) is 5.10 Å². The number of aromatic amines is 1. The molecule has 0 spiro atoms. The van der Waals surface area contributed by atoms with Gasteiger partial charge in [0.05, 0.1) is 0 Å². The van der Waals surface area contributed by atoms with E-state index in [1.54, 1.807) is 0 Å². The maximum absolute atomic E-state index is 12.0. The Morgan fingerprint density at radius 1 is 1.44 bits per heavy atom. The molecule has 0 bridgehead atoms. The van der Waals surface area contributed by atoms with Crippen molar-refractivity contribution < 1.29 is 4.79 Å². The van der Waals surface area contributed by atoms with Crippen LogP contribution in [0.15, 0.2) is 0 Å². The van der Waals surface area contributed by atoms with Crippen molar-refractivity contribution in [1.82, 2.24) is 20.5 Å². The minimum atomic E-state index is -0.146. The molecule has 1 aromatic rings. The summed E-state index contributed by atoms with van der Waals surface area (Å²) in [5.74, 6) is 1.63. The molecule has 1 fully saturated rings. The van der Waals surface area contributed by atoms with Crippen molar-refractivity contribution in [3.63, 3.8) is 0 Å². The second-order valence-electron chi connectivity index (χ2n) is 5.07. The Morgan fingerprint density at radius 3 is 2.94 bits per heavy atom. The molecule has 2 N–H and O–H groups in total. The molecule has 1 heterocycles. The molecule has 0 aromatic carbocycles. The lowest BCUT2D eigenvalue weighted by Crippen LogP contribution is -2.38. The number of carbonyl (C=O) groups is 1. The SMILES string of the molecule is CCc1nc(C(=O)NC2CCCC(CC)C2)n[nH]1. The van der Waals surface area contributed by atoms with Crippen LogP contribution in [0.5, 0.6) is 0 Å². The van der Waals surface area contributed by atoms with Gasteiger partial charge < -0.3 is 5.32 Å². The standard InChI is InChI=1S/C13H22N4O/c1-3-9-6-5-7-10(8-9)14-13(18)12-15-11(4-2)16-17-12/h9-10H,3-8H2,1-2H3,(H,14,18)(H,15,16,17). The van der Waals surface area contributed by atoms with Crippen LogP contribution in [0.1, 0.15) is 62.4 Å². The van der Waals surface area contributed by atoms with Gasteiger partial charge in [-0.2, -0.15) is 0 Å². The van der Waals surface area contributed by atoms with Crippen molar-refractivity contribution in [2.75, 3.05) is 0 Å². The number of H-pyrrole nitrogens is 1.